The van der Waals surface area contributed by atoms with Crippen molar-refractivity contribution in [2.24, 2.45) is 0 Å². The first-order valence-corrected chi connectivity index (χ1v) is 13.3. The third-order valence-electron chi connectivity index (χ3n) is 8.03. The second kappa shape index (κ2) is 9.97. The Balaban J connectivity index is 1.38. The number of para-hydroxylation sites is 2. The molecule has 4 aromatic rings. The SMILES string of the molecule is COc1ccccc1N1CC[NH+]([C@@H](c2cc3ccc(C)cc3[nH]c2=O)c2nnnn2C2CCCC2)CC1. The Labute approximate surface area is 216 Å². The van der Waals surface area contributed by atoms with Gasteiger partial charge < -0.3 is 19.5 Å². The molecule has 2 N–H and O–H groups in total. The number of pyridine rings is 1. The number of ether oxygens (including phenoxy) is 1. The number of benzene rings is 2. The Kier molecular flexibility index (Phi) is 6.38. The van der Waals surface area contributed by atoms with E-state index in [1.807, 2.05) is 41.9 Å². The van der Waals surface area contributed by atoms with Crippen LogP contribution in [0.3, 0.4) is 0 Å². The zero-order valence-electron chi connectivity index (χ0n) is 21.5. The standard InChI is InChI=1S/C28H33N7O2/c1-19-11-12-20-18-22(28(36)29-23(20)17-19)26(27-30-31-32-35(27)21-7-3-4-8-21)34-15-13-33(14-16-34)24-9-5-6-10-25(24)37-2/h5-6,9-12,17-18,21,26H,3-4,7-8,13-16H2,1-2H3,(H,29,36)/p+1/t26-/m0/s1. The Hall–Kier alpha value is -3.72. The van der Waals surface area contributed by atoms with Gasteiger partial charge in [-0.05, 0) is 65.4 Å². The highest BCUT2D eigenvalue weighted by Gasteiger charge is 2.38. The predicted molar refractivity (Wildman–Crippen MR) is 142 cm³/mol. The number of tetrazole rings is 1. The number of fused-ring (bicyclic) bond motifs is 1. The summed E-state index contributed by atoms with van der Waals surface area (Å²) in [5.41, 5.74) is 3.75. The molecule has 1 saturated carbocycles. The van der Waals surface area contributed by atoms with Gasteiger partial charge in [0.1, 0.15) is 5.75 Å². The average molecular weight is 501 g/mol. The number of aryl methyl sites for hydroxylation is 1. The molecule has 0 amide bonds. The number of piperazine rings is 1. The molecular weight excluding hydrogens is 466 g/mol. The predicted octanol–water partition coefficient (Wildman–Crippen LogP) is 2.44. The summed E-state index contributed by atoms with van der Waals surface area (Å²) in [4.78, 5) is 20.4. The third-order valence-corrected chi connectivity index (χ3v) is 8.03. The lowest BCUT2D eigenvalue weighted by atomic mass is 10.0. The Morgan fingerprint density at radius 2 is 1.86 bits per heavy atom. The topological polar surface area (TPSA) is 93.4 Å². The molecular formula is C28H34N7O2+. The number of rotatable bonds is 6. The summed E-state index contributed by atoms with van der Waals surface area (Å²) in [5, 5.41) is 14.1. The second-order valence-electron chi connectivity index (χ2n) is 10.3. The van der Waals surface area contributed by atoms with Gasteiger partial charge in [-0.25, -0.2) is 4.68 Å². The summed E-state index contributed by atoms with van der Waals surface area (Å²) in [5.74, 6) is 1.68. The second-order valence-corrected chi connectivity index (χ2v) is 10.3. The quantitative estimate of drug-likeness (QED) is 0.423. The molecule has 2 aliphatic rings. The maximum absolute atomic E-state index is 13.6. The first-order chi connectivity index (χ1) is 18.1. The van der Waals surface area contributed by atoms with Crippen molar-refractivity contribution in [2.75, 3.05) is 38.2 Å². The van der Waals surface area contributed by atoms with Crippen molar-refractivity contribution in [3.63, 3.8) is 0 Å². The lowest BCUT2D eigenvalue weighted by Gasteiger charge is -2.37. The highest BCUT2D eigenvalue weighted by Crippen LogP contribution is 2.32. The lowest BCUT2D eigenvalue weighted by Crippen LogP contribution is -3.15. The van der Waals surface area contributed by atoms with Crippen molar-refractivity contribution in [1.82, 2.24) is 25.2 Å². The summed E-state index contributed by atoms with van der Waals surface area (Å²) in [6.07, 6.45) is 4.54. The summed E-state index contributed by atoms with van der Waals surface area (Å²) in [7, 11) is 1.71. The van der Waals surface area contributed by atoms with Gasteiger partial charge in [-0.1, -0.05) is 37.1 Å². The largest absolute Gasteiger partial charge is 0.495 e. The van der Waals surface area contributed by atoms with Crippen LogP contribution in [0.4, 0.5) is 5.69 Å². The number of anilines is 1. The molecule has 1 saturated heterocycles. The van der Waals surface area contributed by atoms with E-state index < -0.39 is 0 Å². The molecule has 192 valence electrons. The summed E-state index contributed by atoms with van der Waals surface area (Å²) in [6.45, 7) is 5.44. The number of aromatic nitrogens is 5. The highest BCUT2D eigenvalue weighted by atomic mass is 16.5. The number of aromatic amines is 1. The van der Waals surface area contributed by atoms with Crippen molar-refractivity contribution < 1.29 is 9.64 Å². The number of quaternary nitrogens is 1. The van der Waals surface area contributed by atoms with E-state index in [0.29, 0.717) is 6.04 Å². The fourth-order valence-electron chi connectivity index (χ4n) is 6.10. The zero-order valence-corrected chi connectivity index (χ0v) is 21.5. The van der Waals surface area contributed by atoms with Crippen LogP contribution in [0.5, 0.6) is 5.75 Å². The Morgan fingerprint density at radius 1 is 1.08 bits per heavy atom. The number of nitrogens with zero attached hydrogens (tertiary/aromatic N) is 5. The molecule has 9 nitrogen and oxygen atoms in total. The van der Waals surface area contributed by atoms with Gasteiger partial charge in [0.25, 0.3) is 5.56 Å². The molecule has 37 heavy (non-hydrogen) atoms. The van der Waals surface area contributed by atoms with Crippen LogP contribution in [-0.2, 0) is 0 Å². The summed E-state index contributed by atoms with van der Waals surface area (Å²) in [6, 6.07) is 16.4. The minimum Gasteiger partial charge on any atom is -0.495 e. The van der Waals surface area contributed by atoms with Gasteiger partial charge in [-0.2, -0.15) is 0 Å². The van der Waals surface area contributed by atoms with E-state index in [2.05, 4.69) is 43.6 Å². The van der Waals surface area contributed by atoms with E-state index in [4.69, 9.17) is 4.74 Å². The van der Waals surface area contributed by atoms with Crippen LogP contribution >= 0.6 is 0 Å². The molecule has 0 unspecified atom stereocenters. The van der Waals surface area contributed by atoms with Crippen LogP contribution in [0.25, 0.3) is 10.9 Å². The molecule has 1 aliphatic heterocycles. The monoisotopic (exact) mass is 500 g/mol. The van der Waals surface area contributed by atoms with Crippen LogP contribution < -0.4 is 20.1 Å². The van der Waals surface area contributed by atoms with Crippen molar-refractivity contribution >= 4 is 16.6 Å². The van der Waals surface area contributed by atoms with E-state index in [1.54, 1.807) is 7.11 Å². The van der Waals surface area contributed by atoms with Gasteiger partial charge in [0.15, 0.2) is 6.04 Å². The minimum atomic E-state index is -0.245. The van der Waals surface area contributed by atoms with Crippen molar-refractivity contribution in [3.05, 3.63) is 75.8 Å². The van der Waals surface area contributed by atoms with Gasteiger partial charge in [-0.15, -0.1) is 5.10 Å². The van der Waals surface area contributed by atoms with E-state index in [9.17, 15) is 4.79 Å². The molecule has 3 heterocycles. The van der Waals surface area contributed by atoms with Crippen LogP contribution in [0.15, 0.2) is 53.3 Å². The van der Waals surface area contributed by atoms with E-state index in [-0.39, 0.29) is 11.6 Å². The van der Waals surface area contributed by atoms with Crippen molar-refractivity contribution in [2.45, 2.75) is 44.7 Å². The molecule has 1 atom stereocenters. The first-order valence-electron chi connectivity index (χ1n) is 13.3. The molecule has 9 heteroatoms. The minimum absolute atomic E-state index is 0.0660. The fraction of sp³-hybridized carbons (Fsp3) is 0.429. The normalized spacial score (nSPS) is 17.9. The highest BCUT2D eigenvalue weighted by molar-refractivity contribution is 5.79. The first kappa shape index (κ1) is 23.7. The Bertz CT molecular complexity index is 1450. The smallest absolute Gasteiger partial charge is 0.258 e. The lowest BCUT2D eigenvalue weighted by molar-refractivity contribution is -0.927. The third kappa shape index (κ3) is 4.48. The average Bonchev–Trinajstić information content (AvgIpc) is 3.62. The zero-order chi connectivity index (χ0) is 25.4. The molecule has 6 rings (SSSR count). The van der Waals surface area contributed by atoms with Gasteiger partial charge >= 0.3 is 0 Å². The van der Waals surface area contributed by atoms with Crippen LogP contribution in [0, 0.1) is 6.92 Å². The van der Waals surface area contributed by atoms with E-state index in [1.165, 1.54) is 17.7 Å². The summed E-state index contributed by atoms with van der Waals surface area (Å²) >= 11 is 0. The molecule has 0 bridgehead atoms. The molecule has 1 aliphatic carbocycles. The van der Waals surface area contributed by atoms with Gasteiger partial charge in [0.2, 0.25) is 5.82 Å². The number of H-pyrrole nitrogens is 1. The van der Waals surface area contributed by atoms with Gasteiger partial charge in [0, 0.05) is 5.52 Å². The summed E-state index contributed by atoms with van der Waals surface area (Å²) < 4.78 is 7.62. The Morgan fingerprint density at radius 3 is 2.65 bits per heavy atom. The van der Waals surface area contributed by atoms with Crippen LogP contribution in [0.2, 0.25) is 0 Å². The number of methoxy groups -OCH3 is 1. The van der Waals surface area contributed by atoms with Crippen LogP contribution in [-0.4, -0.2) is 58.5 Å². The van der Waals surface area contributed by atoms with Crippen LogP contribution in [0.1, 0.15) is 54.7 Å². The molecule has 2 aromatic heterocycles. The van der Waals surface area contributed by atoms with Crippen molar-refractivity contribution in [1.29, 1.82) is 0 Å². The van der Waals surface area contributed by atoms with E-state index >= 15 is 0 Å². The van der Waals surface area contributed by atoms with Gasteiger partial charge in [-0.3, -0.25) is 4.79 Å². The van der Waals surface area contributed by atoms with E-state index in [0.717, 1.165) is 78.3 Å². The maximum atomic E-state index is 13.6. The fourth-order valence-corrected chi connectivity index (χ4v) is 6.10. The van der Waals surface area contributed by atoms with Crippen molar-refractivity contribution in [3.8, 4) is 5.75 Å². The van der Waals surface area contributed by atoms with Gasteiger partial charge in [0.05, 0.1) is 50.6 Å². The molecule has 0 radical (unpaired) electrons. The maximum Gasteiger partial charge on any atom is 0.258 e. The molecule has 2 aromatic carbocycles. The number of nitrogens with one attached hydrogen (secondary N) is 2. The number of hydrogen-bond donors (Lipinski definition) is 2. The molecule has 2 fully saturated rings. The number of hydrogen-bond acceptors (Lipinski definition) is 6. The molecule has 0 spiro atoms.